The van der Waals surface area contributed by atoms with E-state index in [2.05, 4.69) is 10.6 Å². The molecule has 0 unspecified atom stereocenters. The van der Waals surface area contributed by atoms with E-state index in [0.717, 1.165) is 44.3 Å². The van der Waals surface area contributed by atoms with Crippen LogP contribution < -0.4 is 10.6 Å². The number of carbonyl (C=O) groups is 4. The van der Waals surface area contributed by atoms with Crippen LogP contribution in [-0.4, -0.2) is 58.7 Å². The molecular weight excluding hydrogens is 396 g/mol. The molecule has 1 saturated carbocycles. The van der Waals surface area contributed by atoms with Crippen LogP contribution in [0.15, 0.2) is 24.3 Å². The lowest BCUT2D eigenvalue weighted by Gasteiger charge is -2.26. The molecule has 0 radical (unpaired) electrons. The topological polar surface area (TPSA) is 98.8 Å². The number of nitrogens with one attached hydrogen (secondary N) is 2. The smallest absolute Gasteiger partial charge is 0.325 e. The highest BCUT2D eigenvalue weighted by Gasteiger charge is 2.52. The van der Waals surface area contributed by atoms with Crippen molar-refractivity contribution in [3.8, 4) is 0 Å². The summed E-state index contributed by atoms with van der Waals surface area (Å²) in [5, 5.41) is 5.65. The maximum atomic E-state index is 12.6. The number of rotatable bonds is 6. The Hall–Kier alpha value is -2.90. The van der Waals surface area contributed by atoms with E-state index in [1.807, 2.05) is 17.0 Å². The number of urea groups is 1. The van der Waals surface area contributed by atoms with Crippen molar-refractivity contribution in [2.24, 2.45) is 0 Å². The minimum absolute atomic E-state index is 0.0591. The van der Waals surface area contributed by atoms with Crippen molar-refractivity contribution in [3.05, 3.63) is 35.4 Å². The molecule has 166 valence electrons. The zero-order valence-corrected chi connectivity index (χ0v) is 17.8. The summed E-state index contributed by atoms with van der Waals surface area (Å²) in [4.78, 5) is 52.6. The third-order valence-electron chi connectivity index (χ3n) is 6.60. The van der Waals surface area contributed by atoms with Crippen molar-refractivity contribution in [1.29, 1.82) is 0 Å². The van der Waals surface area contributed by atoms with Gasteiger partial charge in [-0.2, -0.15) is 0 Å². The zero-order valence-electron chi connectivity index (χ0n) is 17.8. The number of amides is 5. The molecule has 1 aromatic rings. The van der Waals surface area contributed by atoms with Crippen LogP contribution in [-0.2, 0) is 16.1 Å². The van der Waals surface area contributed by atoms with E-state index in [-0.39, 0.29) is 30.7 Å². The van der Waals surface area contributed by atoms with Crippen molar-refractivity contribution < 1.29 is 19.2 Å². The van der Waals surface area contributed by atoms with E-state index in [1.165, 1.54) is 11.3 Å². The first-order valence-corrected chi connectivity index (χ1v) is 11.3. The van der Waals surface area contributed by atoms with Gasteiger partial charge in [0.1, 0.15) is 5.54 Å². The number of carbonyl (C=O) groups excluding carboxylic acids is 4. The molecule has 1 aliphatic carbocycles. The molecule has 2 aliphatic heterocycles. The highest BCUT2D eigenvalue weighted by molar-refractivity contribution is 6.07. The fraction of sp³-hybridized carbons (Fsp3) is 0.565. The molecule has 3 fully saturated rings. The van der Waals surface area contributed by atoms with E-state index in [9.17, 15) is 19.2 Å². The SMILES string of the molecule is O=C(CCN1C(=O)NC2(CCCC2)C1=O)NCc1ccc(C(=O)N2CCCCC2)cc1. The van der Waals surface area contributed by atoms with Gasteiger partial charge in [-0.1, -0.05) is 25.0 Å². The van der Waals surface area contributed by atoms with Crippen LogP contribution >= 0.6 is 0 Å². The normalized spacial score (nSPS) is 20.3. The molecule has 1 aromatic carbocycles. The van der Waals surface area contributed by atoms with E-state index in [0.29, 0.717) is 24.9 Å². The summed E-state index contributed by atoms with van der Waals surface area (Å²) in [5.74, 6) is -0.359. The first-order chi connectivity index (χ1) is 15.0. The monoisotopic (exact) mass is 426 g/mol. The highest BCUT2D eigenvalue weighted by atomic mass is 16.2. The standard InChI is InChI=1S/C23H30N4O4/c28-19(10-15-27-21(30)23(25-22(27)31)11-2-3-12-23)24-16-17-6-8-18(9-7-17)20(29)26-13-4-1-5-14-26/h6-9H,1-5,10-16H2,(H,24,28)(H,25,31). The molecule has 4 rings (SSSR count). The number of hydrogen-bond donors (Lipinski definition) is 2. The first kappa shape index (κ1) is 21.3. The average molecular weight is 427 g/mol. The van der Waals surface area contributed by atoms with E-state index in [1.54, 1.807) is 12.1 Å². The number of imide groups is 1. The maximum absolute atomic E-state index is 12.6. The number of piperidine rings is 1. The second-order valence-corrected chi connectivity index (χ2v) is 8.75. The van der Waals surface area contributed by atoms with Gasteiger partial charge < -0.3 is 15.5 Å². The third kappa shape index (κ3) is 4.57. The second-order valence-electron chi connectivity index (χ2n) is 8.75. The van der Waals surface area contributed by atoms with E-state index < -0.39 is 11.6 Å². The summed E-state index contributed by atoms with van der Waals surface area (Å²) in [6.07, 6.45) is 6.59. The van der Waals surface area contributed by atoms with Gasteiger partial charge in [0.2, 0.25) is 5.91 Å². The van der Waals surface area contributed by atoms with Crippen LogP contribution in [0.4, 0.5) is 4.79 Å². The van der Waals surface area contributed by atoms with Crippen molar-refractivity contribution in [2.45, 2.75) is 63.5 Å². The van der Waals surface area contributed by atoms with Gasteiger partial charge in [-0.25, -0.2) is 4.79 Å². The Kier molecular flexibility index (Phi) is 6.25. The van der Waals surface area contributed by atoms with Crippen molar-refractivity contribution in [2.75, 3.05) is 19.6 Å². The number of likely N-dealkylation sites (tertiary alicyclic amines) is 1. The highest BCUT2D eigenvalue weighted by Crippen LogP contribution is 2.35. The molecule has 2 N–H and O–H groups in total. The van der Waals surface area contributed by atoms with Crippen LogP contribution in [0.2, 0.25) is 0 Å². The predicted octanol–water partition coefficient (Wildman–Crippen LogP) is 2.18. The largest absolute Gasteiger partial charge is 0.352 e. The van der Waals surface area contributed by atoms with E-state index >= 15 is 0 Å². The molecule has 0 aromatic heterocycles. The van der Waals surface area contributed by atoms with Gasteiger partial charge in [-0.15, -0.1) is 0 Å². The van der Waals surface area contributed by atoms with Crippen LogP contribution in [0.25, 0.3) is 0 Å². The second kappa shape index (κ2) is 9.08. The lowest BCUT2D eigenvalue weighted by molar-refractivity contribution is -0.131. The Bertz CT molecular complexity index is 855. The number of nitrogens with zero attached hydrogens (tertiary/aromatic N) is 2. The molecule has 8 nitrogen and oxygen atoms in total. The van der Waals surface area contributed by atoms with Crippen molar-refractivity contribution in [1.82, 2.24) is 20.4 Å². The molecule has 0 bridgehead atoms. The molecule has 2 saturated heterocycles. The first-order valence-electron chi connectivity index (χ1n) is 11.3. The molecule has 1 spiro atoms. The van der Waals surface area contributed by atoms with Crippen LogP contribution in [0, 0.1) is 0 Å². The number of benzene rings is 1. The molecule has 3 aliphatic rings. The maximum Gasteiger partial charge on any atom is 0.325 e. The van der Waals surface area contributed by atoms with Crippen LogP contribution in [0.3, 0.4) is 0 Å². The zero-order chi connectivity index (χ0) is 21.8. The molecular formula is C23H30N4O4. The summed E-state index contributed by atoms with van der Waals surface area (Å²) < 4.78 is 0. The van der Waals surface area contributed by atoms with Gasteiger partial charge in [-0.3, -0.25) is 19.3 Å². The van der Waals surface area contributed by atoms with E-state index in [4.69, 9.17) is 0 Å². The van der Waals surface area contributed by atoms with Gasteiger partial charge in [0.15, 0.2) is 0 Å². The van der Waals surface area contributed by atoms with Gasteiger partial charge in [0, 0.05) is 38.2 Å². The fourth-order valence-corrected chi connectivity index (χ4v) is 4.74. The van der Waals surface area contributed by atoms with Gasteiger partial charge >= 0.3 is 6.03 Å². The average Bonchev–Trinajstić information content (AvgIpc) is 3.36. The molecule has 5 amide bonds. The Labute approximate surface area is 182 Å². The Morgan fingerprint density at radius 1 is 0.968 bits per heavy atom. The lowest BCUT2D eigenvalue weighted by Crippen LogP contribution is -2.44. The van der Waals surface area contributed by atoms with Crippen LogP contribution in [0.1, 0.15) is 67.3 Å². The van der Waals surface area contributed by atoms with Crippen molar-refractivity contribution >= 4 is 23.8 Å². The third-order valence-corrected chi connectivity index (χ3v) is 6.60. The fourth-order valence-electron chi connectivity index (χ4n) is 4.74. The number of hydrogen-bond acceptors (Lipinski definition) is 4. The summed E-state index contributed by atoms with van der Waals surface area (Å²) >= 11 is 0. The summed E-state index contributed by atoms with van der Waals surface area (Å²) in [6.45, 7) is 2.05. The molecule has 31 heavy (non-hydrogen) atoms. The van der Waals surface area contributed by atoms with Crippen LogP contribution in [0.5, 0.6) is 0 Å². The van der Waals surface area contributed by atoms with Gasteiger partial charge in [0.25, 0.3) is 11.8 Å². The Morgan fingerprint density at radius 3 is 2.32 bits per heavy atom. The Balaban J connectivity index is 1.23. The molecule has 8 heteroatoms. The summed E-state index contributed by atoms with van der Waals surface area (Å²) in [5.41, 5.74) is 0.820. The lowest BCUT2D eigenvalue weighted by atomic mass is 9.98. The van der Waals surface area contributed by atoms with Gasteiger partial charge in [-0.05, 0) is 49.8 Å². The molecule has 0 atom stereocenters. The summed E-state index contributed by atoms with van der Waals surface area (Å²) in [6, 6.07) is 6.89. The minimum Gasteiger partial charge on any atom is -0.352 e. The predicted molar refractivity (Wildman–Crippen MR) is 114 cm³/mol. The minimum atomic E-state index is -0.735. The Morgan fingerprint density at radius 2 is 1.65 bits per heavy atom. The van der Waals surface area contributed by atoms with Gasteiger partial charge in [0.05, 0.1) is 0 Å². The quantitative estimate of drug-likeness (QED) is 0.681. The molecule has 2 heterocycles. The van der Waals surface area contributed by atoms with Crippen molar-refractivity contribution in [3.63, 3.8) is 0 Å². The summed E-state index contributed by atoms with van der Waals surface area (Å²) in [7, 11) is 0.